The average Bonchev–Trinajstić information content (AvgIpc) is 1.61. The molecule has 0 amide bonds. The molecule has 9 aliphatic rings. The summed E-state index contributed by atoms with van der Waals surface area (Å²) in [6.07, 6.45) is 72.2. The molecule has 39 heteroatoms. The van der Waals surface area contributed by atoms with Gasteiger partial charge in [0.05, 0.1) is 54.4 Å². The van der Waals surface area contributed by atoms with E-state index in [-0.39, 0.29) is 63.3 Å². The van der Waals surface area contributed by atoms with Crippen LogP contribution < -0.4 is 51.2 Å². The van der Waals surface area contributed by atoms with Gasteiger partial charge in [-0.1, -0.05) is 86.8 Å². The molecule has 2 aliphatic heterocycles. The van der Waals surface area contributed by atoms with Crippen LogP contribution in [-0.4, -0.2) is 176 Å². The Morgan fingerprint density at radius 2 is 0.402 bits per heavy atom. The van der Waals surface area contributed by atoms with Gasteiger partial charge in [0.15, 0.2) is 0 Å². The van der Waals surface area contributed by atoms with E-state index in [0.717, 1.165) is 103 Å². The first-order valence-electron chi connectivity index (χ1n) is 42.6. The minimum absolute atomic E-state index is 0.0139. The number of likely N-dealkylation sites (tertiary alicyclic amines) is 1. The van der Waals surface area contributed by atoms with E-state index in [4.69, 9.17) is 0 Å². The molecule has 7 aliphatic carbocycles. The van der Waals surface area contributed by atoms with Crippen LogP contribution in [0.5, 0.6) is 0 Å². The van der Waals surface area contributed by atoms with E-state index in [1.807, 2.05) is 118 Å². The standard InChI is InChI=1S/C11H17N3O.C10H15N3O.C9H14N4O.C9H13N3O2S.4C9H13N3O.C8H11N3O/c1-2-8-13-9-12-14(11(13)15)10-6-4-3-5-7-10;1-2-7-12-8-11-13(10(12)14)9-5-3-4-6-9;1-3-4-12-7-10-13(9(12)14)8-5-11(2)6-8;1-3-4-11-7-10-12(9(11)13)8-5-15(2,14)6-8;4*1-2-6-11-7-10-12(9(11)13)8-4-3-5-8;1-2-5-10-6-9-11(8(10)12)7-3-4-7/h2,8-10H,3-7H2,1H3;2,7-9H,3-6H2,1H3;3-4,7-8H,5-6H2,1-2H3;3-4,7-8H,2,5-6H2,1H3;4*2,6-8H,3-5H2,1H3;2,5-7H,3-4H2,1H3/b8-2+;7-2+;2*4-3+;4*6-2+;5-2+. The third-order valence-corrected chi connectivity index (χ3v) is 24.1. The molecule has 0 N–H and O–H groups in total. The smallest absolute Gasteiger partial charge is 0.302 e. The highest BCUT2D eigenvalue weighted by atomic mass is 32.2. The highest BCUT2D eigenvalue weighted by Gasteiger charge is 2.33. The summed E-state index contributed by atoms with van der Waals surface area (Å²) in [7, 11) is 0.107. The predicted molar refractivity (Wildman–Crippen MR) is 477 cm³/mol. The third-order valence-electron chi connectivity index (χ3n) is 22.1. The van der Waals surface area contributed by atoms with Crippen molar-refractivity contribution in [2.75, 3.05) is 31.6 Å². The van der Waals surface area contributed by atoms with E-state index >= 15 is 0 Å². The Balaban J connectivity index is 0.000000144. The molecule has 9 aromatic rings. The monoisotopic (exact) mass is 1700 g/mol. The first kappa shape index (κ1) is 92.4. The molecule has 0 bridgehead atoms. The fourth-order valence-electron chi connectivity index (χ4n) is 14.5. The Bertz CT molecular complexity index is 5490. The van der Waals surface area contributed by atoms with Crippen LogP contribution in [0.15, 0.2) is 155 Å². The topological polar surface area (TPSA) is 379 Å². The molecule has 11 heterocycles. The zero-order valence-corrected chi connectivity index (χ0v) is 72.9. The highest BCUT2D eigenvalue weighted by Crippen LogP contribution is 2.34. The van der Waals surface area contributed by atoms with Crippen LogP contribution in [0.4, 0.5) is 0 Å². The molecule has 38 nitrogen and oxygen atoms in total. The molecule has 18 rings (SSSR count). The predicted octanol–water partition coefficient (Wildman–Crippen LogP) is 9.43. The van der Waals surface area contributed by atoms with Crippen molar-refractivity contribution in [3.63, 3.8) is 0 Å². The molecule has 0 atom stereocenters. The molecule has 2 saturated heterocycles. The molecule has 9 fully saturated rings. The Hall–Kier alpha value is -11.9. The first-order valence-corrected chi connectivity index (χ1v) is 44.7. The molecular weight excluding hydrogens is 1580 g/mol. The average molecular weight is 1700 g/mol. The van der Waals surface area contributed by atoms with Gasteiger partial charge in [0, 0.05) is 80.4 Å². The second kappa shape index (κ2) is 45.1. The van der Waals surface area contributed by atoms with E-state index < -0.39 is 9.52 Å². The zero-order chi connectivity index (χ0) is 87.4. The van der Waals surface area contributed by atoms with Crippen molar-refractivity contribution in [3.05, 3.63) is 206 Å². The van der Waals surface area contributed by atoms with E-state index in [2.05, 4.69) is 56.7 Å². The summed E-state index contributed by atoms with van der Waals surface area (Å²) in [6, 6.07) is 2.60. The second-order valence-corrected chi connectivity index (χ2v) is 34.0. The van der Waals surface area contributed by atoms with Crippen LogP contribution in [0.3, 0.4) is 0 Å². The molecule has 660 valence electrons. The fraction of sp³-hybridized carbons (Fsp3) is 0.554. The van der Waals surface area contributed by atoms with E-state index in [9.17, 15) is 47.4 Å². The van der Waals surface area contributed by atoms with Gasteiger partial charge >= 0.3 is 51.2 Å². The summed E-state index contributed by atoms with van der Waals surface area (Å²) in [6.45, 7) is 18.7. The Kier molecular flexibility index (Phi) is 34.2. The Labute approximate surface area is 707 Å². The molecule has 9 aromatic heterocycles. The van der Waals surface area contributed by atoms with Gasteiger partial charge in [-0.2, -0.15) is 45.9 Å². The summed E-state index contributed by atoms with van der Waals surface area (Å²) in [5, 5.41) is 36.7. The fourth-order valence-corrected chi connectivity index (χ4v) is 16.1. The van der Waals surface area contributed by atoms with Crippen molar-refractivity contribution >= 4 is 71.2 Å². The lowest BCUT2D eigenvalue weighted by molar-refractivity contribution is 0.127. The second-order valence-electron chi connectivity index (χ2n) is 31.4. The molecule has 0 unspecified atom stereocenters. The number of nitrogens with zero attached hydrogens (tertiary/aromatic N) is 28. The van der Waals surface area contributed by atoms with Crippen molar-refractivity contribution in [1.82, 2.24) is 134 Å². The van der Waals surface area contributed by atoms with Crippen molar-refractivity contribution in [3.8, 4) is 0 Å². The summed E-state index contributed by atoms with van der Waals surface area (Å²) in [5.74, 6) is 4.50. The molecule has 0 aromatic carbocycles. The van der Waals surface area contributed by atoms with Crippen LogP contribution in [-0.2, 0) is 9.52 Å². The number of hydrogen-bond donors (Lipinski definition) is 0. The number of hydrogen-bond acceptors (Lipinski definition) is 20. The van der Waals surface area contributed by atoms with Gasteiger partial charge in [-0.3, -0.25) is 45.3 Å². The van der Waals surface area contributed by atoms with Crippen LogP contribution in [0.1, 0.15) is 264 Å². The lowest BCUT2D eigenvalue weighted by Gasteiger charge is -2.35. The van der Waals surface area contributed by atoms with Crippen LogP contribution in [0.2, 0.25) is 0 Å². The van der Waals surface area contributed by atoms with Gasteiger partial charge in [-0.05, 0) is 200 Å². The van der Waals surface area contributed by atoms with E-state index in [1.54, 1.807) is 150 Å². The van der Waals surface area contributed by atoms with Gasteiger partial charge in [-0.15, -0.1) is 0 Å². The molecule has 122 heavy (non-hydrogen) atoms. The molecule has 0 spiro atoms. The van der Waals surface area contributed by atoms with Gasteiger partial charge in [0.1, 0.15) is 56.9 Å². The Morgan fingerprint density at radius 3 is 0.549 bits per heavy atom. The summed E-state index contributed by atoms with van der Waals surface area (Å²) < 4.78 is 39.0. The maximum absolute atomic E-state index is 11.9. The zero-order valence-electron chi connectivity index (χ0n) is 72.1. The quantitative estimate of drug-likeness (QED) is 0.0721. The minimum Gasteiger partial charge on any atom is -0.302 e. The summed E-state index contributed by atoms with van der Waals surface area (Å²) >= 11 is 0. The molecular formula is C83H122N28O10S. The lowest BCUT2D eigenvalue weighted by Crippen LogP contribution is -2.48. The van der Waals surface area contributed by atoms with E-state index in [0.29, 0.717) is 53.8 Å². The number of allylic oxidation sites excluding steroid dienone is 9. The SMILES string of the molecule is C/C=C/n1cnn(C2CC2)c1=O.C/C=C/n1cnn(C2CCC2)c1=O.C/C=C/n1cnn(C2CCC2)c1=O.C/C=C/n1cnn(C2CCC2)c1=O.C/C=C/n1cnn(C2CCC2)c1=O.C/C=C/n1cnn(C2CCCC2)c1=O.C/C=C/n1cnn(C2CCCCC2)c1=O.C/C=C/n1cnn(C2CN(C)C2)c1=O.C=S1(=O)CC(n2ncn(/C=C/C)c2=O)C1. The van der Waals surface area contributed by atoms with Gasteiger partial charge in [0.2, 0.25) is 0 Å². The van der Waals surface area contributed by atoms with Gasteiger partial charge < -0.3 is 4.90 Å². The summed E-state index contributed by atoms with van der Waals surface area (Å²) in [5.41, 5.74) is -0.406. The number of rotatable bonds is 18. The molecule has 0 radical (unpaired) electrons. The van der Waals surface area contributed by atoms with Crippen molar-refractivity contribution < 1.29 is 4.21 Å². The summed E-state index contributed by atoms with van der Waals surface area (Å²) in [4.78, 5) is 107. The highest BCUT2D eigenvalue weighted by molar-refractivity contribution is 8.01. The van der Waals surface area contributed by atoms with Crippen molar-refractivity contribution in [1.29, 1.82) is 0 Å². The third kappa shape index (κ3) is 23.8. The Morgan fingerprint density at radius 1 is 0.246 bits per heavy atom. The van der Waals surface area contributed by atoms with Gasteiger partial charge in [-0.25, -0.2) is 85.3 Å². The van der Waals surface area contributed by atoms with Crippen LogP contribution in [0.25, 0.3) is 55.8 Å². The van der Waals surface area contributed by atoms with Gasteiger partial charge in [0.25, 0.3) is 0 Å². The van der Waals surface area contributed by atoms with Crippen LogP contribution >= 0.6 is 0 Å². The number of likely N-dealkylation sites (N-methyl/N-ethyl adjacent to an activating group) is 1. The number of aromatic nitrogens is 27. The van der Waals surface area contributed by atoms with Crippen molar-refractivity contribution in [2.24, 2.45) is 0 Å². The largest absolute Gasteiger partial charge is 0.350 e. The minimum atomic E-state index is -1.93. The van der Waals surface area contributed by atoms with E-state index in [1.165, 1.54) is 110 Å². The van der Waals surface area contributed by atoms with Crippen molar-refractivity contribution in [2.45, 2.75) is 264 Å². The lowest BCUT2D eigenvalue weighted by atomic mass is 9.93. The van der Waals surface area contributed by atoms with Crippen LogP contribution in [0, 0.1) is 0 Å². The first-order chi connectivity index (χ1) is 59.0. The maximum Gasteiger partial charge on any atom is 0.350 e. The normalized spacial score (nSPS) is 19.7. The molecule has 7 saturated carbocycles. The maximum atomic E-state index is 11.9.